The summed E-state index contributed by atoms with van der Waals surface area (Å²) in [5.41, 5.74) is 22.0. The molecule has 0 atom stereocenters. The summed E-state index contributed by atoms with van der Waals surface area (Å²) in [4.78, 5) is 0. The Bertz CT molecular complexity index is 6130. The Morgan fingerprint density at radius 2 is 0.663 bits per heavy atom. The number of hydrogen-bond acceptors (Lipinski definition) is 0. The van der Waals surface area contributed by atoms with E-state index in [-0.39, 0.29) is 10.8 Å². The molecule has 0 fully saturated rings. The van der Waals surface area contributed by atoms with E-state index in [2.05, 4.69) is 302 Å². The summed E-state index contributed by atoms with van der Waals surface area (Å²) in [6, 6.07) is 92.2. The van der Waals surface area contributed by atoms with Crippen LogP contribution in [0.15, 0.2) is 243 Å². The van der Waals surface area contributed by atoms with Gasteiger partial charge in [0.25, 0.3) is 0 Å². The third-order valence-corrected chi connectivity index (χ3v) is 19.6. The van der Waals surface area contributed by atoms with Gasteiger partial charge in [0, 0.05) is 87.1 Å². The number of aromatic nitrogens is 4. The third kappa shape index (κ3) is 6.27. The first-order valence-corrected chi connectivity index (χ1v) is 30.4. The summed E-state index contributed by atoms with van der Waals surface area (Å²) in [6.45, 7) is 14.2. The van der Waals surface area contributed by atoms with Gasteiger partial charge in [-0.15, -0.1) is 0 Å². The number of benzene rings is 13. The fourth-order valence-corrected chi connectivity index (χ4v) is 15.7. The lowest BCUT2D eigenvalue weighted by Crippen LogP contribution is -2.11. The molecule has 0 bridgehead atoms. The lowest BCUT2D eigenvalue weighted by molar-refractivity contribution is 0.591. The van der Waals surface area contributed by atoms with Crippen LogP contribution in [0.1, 0.15) is 52.7 Å². The Hall–Kier alpha value is -10.4. The van der Waals surface area contributed by atoms with Crippen molar-refractivity contribution in [3.63, 3.8) is 0 Å². The molecule has 4 nitrogen and oxygen atoms in total. The second kappa shape index (κ2) is 16.7. The summed E-state index contributed by atoms with van der Waals surface area (Å²) >= 11 is 0. The first-order valence-electron chi connectivity index (χ1n) is 30.4. The van der Waals surface area contributed by atoms with Crippen LogP contribution in [0.25, 0.3) is 175 Å². The van der Waals surface area contributed by atoms with Crippen LogP contribution < -0.4 is 0 Å². The van der Waals surface area contributed by atoms with Crippen molar-refractivity contribution in [2.45, 2.75) is 52.4 Å². The molecule has 0 N–H and O–H groups in total. The highest BCUT2D eigenvalue weighted by Gasteiger charge is 2.31. The van der Waals surface area contributed by atoms with Crippen molar-refractivity contribution in [1.29, 1.82) is 0 Å². The molecule has 6 heterocycles. The number of fused-ring (bicyclic) bond motifs is 23. The van der Waals surface area contributed by atoms with E-state index >= 15 is 0 Å². The molecule has 6 aromatic heterocycles. The highest BCUT2D eigenvalue weighted by molar-refractivity contribution is 6.41. The summed E-state index contributed by atoms with van der Waals surface area (Å²) in [6.07, 6.45) is 0. The largest absolute Gasteiger partial charge is 0.309 e. The molecule has 19 aromatic rings. The Balaban J connectivity index is 0.971. The van der Waals surface area contributed by atoms with Crippen LogP contribution in [0.2, 0.25) is 0 Å². The maximum absolute atomic E-state index is 2.68. The third-order valence-electron chi connectivity index (χ3n) is 19.6. The molecule has 0 amide bonds. The van der Waals surface area contributed by atoms with Crippen LogP contribution in [0, 0.1) is 0 Å². The summed E-state index contributed by atoms with van der Waals surface area (Å²) in [5, 5.41) is 20.5. The molecule has 86 heavy (non-hydrogen) atoms. The minimum absolute atomic E-state index is 0.107. The van der Waals surface area contributed by atoms with Gasteiger partial charge in [0.2, 0.25) is 0 Å². The minimum Gasteiger partial charge on any atom is -0.309 e. The number of para-hydroxylation sites is 4. The van der Waals surface area contributed by atoms with Crippen LogP contribution in [-0.2, 0) is 10.8 Å². The zero-order valence-corrected chi connectivity index (χ0v) is 48.9. The van der Waals surface area contributed by atoms with Gasteiger partial charge in [-0.05, 0) is 164 Å². The molecular weight excluding hydrogens is 1040 g/mol. The van der Waals surface area contributed by atoms with Gasteiger partial charge in [0.1, 0.15) is 0 Å². The predicted octanol–water partition coefficient (Wildman–Crippen LogP) is 22.4. The van der Waals surface area contributed by atoms with Crippen molar-refractivity contribution < 1.29 is 0 Å². The van der Waals surface area contributed by atoms with Gasteiger partial charge < -0.3 is 17.9 Å². The van der Waals surface area contributed by atoms with Crippen LogP contribution in [0.5, 0.6) is 0 Å². The van der Waals surface area contributed by atoms with E-state index in [1.54, 1.807) is 0 Å². The maximum Gasteiger partial charge on any atom is 0.0627 e. The van der Waals surface area contributed by atoms with Crippen molar-refractivity contribution in [3.05, 3.63) is 254 Å². The summed E-state index contributed by atoms with van der Waals surface area (Å²) in [7, 11) is 0. The standard InChI is InChI=1S/C82H58N4/c1-81(2,3)51-43-60(50-34-36-70-62(41-50)58-30-18-20-32-68(58)84(70)54-25-11-8-12-26-54)77-64(44-51)63-42-48-22-14-16-28-56(48)75-76-72(86(77)80(63)75)38-37-71-74(76)66-46-52(82(4,5)6)45-65-73-55-27-15-13-21-47(55)39-59(79(73)85(71)78(65)66)49-33-35-69-61(40-49)57-29-17-19-31-67(57)83(69)53-23-9-7-10-24-53/h7-46H,1-6H3. The molecular formula is C82H58N4. The number of nitrogens with zero attached hydrogens (tertiary/aromatic N) is 4. The Morgan fingerprint density at radius 1 is 0.244 bits per heavy atom. The van der Waals surface area contributed by atoms with Crippen molar-refractivity contribution in [2.24, 2.45) is 0 Å². The van der Waals surface area contributed by atoms with Gasteiger partial charge in [-0.2, -0.15) is 0 Å². The van der Waals surface area contributed by atoms with E-state index in [4.69, 9.17) is 0 Å². The quantitative estimate of drug-likeness (QED) is 0.167. The van der Waals surface area contributed by atoms with Gasteiger partial charge in [-0.3, -0.25) is 0 Å². The lowest BCUT2D eigenvalue weighted by atomic mass is 9.83. The van der Waals surface area contributed by atoms with Crippen LogP contribution >= 0.6 is 0 Å². The highest BCUT2D eigenvalue weighted by Crippen LogP contribution is 2.54. The fraction of sp³-hybridized carbons (Fsp3) is 0.0976. The van der Waals surface area contributed by atoms with E-state index in [9.17, 15) is 0 Å². The molecule has 0 saturated carbocycles. The van der Waals surface area contributed by atoms with E-state index in [0.717, 1.165) is 11.4 Å². The molecule has 4 heteroatoms. The Morgan fingerprint density at radius 3 is 1.24 bits per heavy atom. The Labute approximate surface area is 496 Å². The van der Waals surface area contributed by atoms with Crippen molar-refractivity contribution >= 4 is 141 Å². The van der Waals surface area contributed by atoms with Gasteiger partial charge >= 0.3 is 0 Å². The molecule has 0 unspecified atom stereocenters. The topological polar surface area (TPSA) is 18.7 Å². The average molecular weight is 1100 g/mol. The molecule has 19 rings (SSSR count). The van der Waals surface area contributed by atoms with Crippen molar-refractivity contribution in [2.75, 3.05) is 0 Å². The first-order chi connectivity index (χ1) is 42.0. The lowest BCUT2D eigenvalue weighted by Gasteiger charge is -2.21. The van der Waals surface area contributed by atoms with E-state index in [1.807, 2.05) is 0 Å². The molecule has 0 spiro atoms. The number of hydrogen-bond donors (Lipinski definition) is 0. The molecule has 406 valence electrons. The molecule has 0 radical (unpaired) electrons. The van der Waals surface area contributed by atoms with Gasteiger partial charge in [-0.1, -0.05) is 175 Å². The maximum atomic E-state index is 2.68. The molecule has 0 saturated heterocycles. The average Bonchev–Trinajstić information content (AvgIpc) is 1.50. The smallest absolute Gasteiger partial charge is 0.0627 e. The van der Waals surface area contributed by atoms with Crippen LogP contribution in [0.4, 0.5) is 0 Å². The normalized spacial score (nSPS) is 13.0. The second-order valence-electron chi connectivity index (χ2n) is 26.4. The second-order valence-corrected chi connectivity index (χ2v) is 26.4. The summed E-state index contributed by atoms with van der Waals surface area (Å²) < 4.78 is 10.2. The zero-order valence-electron chi connectivity index (χ0n) is 48.9. The SMILES string of the molecule is CC(C)(C)c1cc(-c2ccc3c(c2)c2ccccc2n3-c2ccccc2)c2c(c1)c1cc3ccccc3c3c4c5c6cc(C(C)(C)C)cc7c8c9ccccc9cc(-c9ccc%10c(c9)c9ccccc9n%10-c9ccccc9)c8n(c5ccc4n2c13)c67. The van der Waals surface area contributed by atoms with Gasteiger partial charge in [0.05, 0.1) is 55.2 Å². The first kappa shape index (κ1) is 48.0. The Kier molecular flexibility index (Phi) is 9.31. The fourth-order valence-electron chi connectivity index (χ4n) is 15.7. The van der Waals surface area contributed by atoms with E-state index in [0.29, 0.717) is 0 Å². The molecule has 0 aliphatic carbocycles. The van der Waals surface area contributed by atoms with Crippen LogP contribution in [-0.4, -0.2) is 17.9 Å². The zero-order chi connectivity index (χ0) is 57.2. The van der Waals surface area contributed by atoms with Crippen molar-refractivity contribution in [1.82, 2.24) is 17.9 Å². The van der Waals surface area contributed by atoms with E-state index < -0.39 is 0 Å². The van der Waals surface area contributed by atoms with Gasteiger partial charge in [-0.25, -0.2) is 0 Å². The minimum atomic E-state index is -0.131. The molecule has 0 aliphatic rings. The monoisotopic (exact) mass is 1100 g/mol. The highest BCUT2D eigenvalue weighted by atomic mass is 15.0. The summed E-state index contributed by atoms with van der Waals surface area (Å²) in [5.74, 6) is 0. The van der Waals surface area contributed by atoms with Gasteiger partial charge in [0.15, 0.2) is 0 Å². The molecule has 13 aromatic carbocycles. The van der Waals surface area contributed by atoms with E-state index in [1.165, 1.54) is 175 Å². The number of rotatable bonds is 4. The van der Waals surface area contributed by atoms with Crippen molar-refractivity contribution in [3.8, 4) is 33.6 Å². The van der Waals surface area contributed by atoms with Crippen LogP contribution in [0.3, 0.4) is 0 Å². The molecule has 0 aliphatic heterocycles. The predicted molar refractivity (Wildman–Crippen MR) is 368 cm³/mol.